The van der Waals surface area contributed by atoms with Gasteiger partial charge in [-0.15, -0.1) is 0 Å². The number of carboxylic acids is 2. The first-order chi connectivity index (χ1) is 16.8. The van der Waals surface area contributed by atoms with Gasteiger partial charge in [0.25, 0.3) is 0 Å². The molecule has 0 bridgehead atoms. The molecule has 186 valence electrons. The first-order valence-corrected chi connectivity index (χ1v) is 11.7. The number of carbonyl (C=O) groups is 3. The lowest BCUT2D eigenvalue weighted by Crippen LogP contribution is -2.33. The highest BCUT2D eigenvalue weighted by Gasteiger charge is 2.24. The quantitative estimate of drug-likeness (QED) is 0.498. The minimum atomic E-state index is -1.82. The fourth-order valence-electron chi connectivity index (χ4n) is 4.24. The van der Waals surface area contributed by atoms with Gasteiger partial charge in [-0.1, -0.05) is 48.0 Å². The van der Waals surface area contributed by atoms with Crippen molar-refractivity contribution in [3.63, 3.8) is 0 Å². The standard InChI is InChI=1S/C25H29NO3.C2H2O4/c1-18(2)29-24(27)13-16-26-14-11-19(12-15-26)25-21-8-4-3-7-20(21)17-28-23-10-6-5-9-22(23)25;3-1(4)2(5)6/h3-10,18H,11-17H2,1-2H3;(H,3,4)(H,5,6). The molecule has 2 aliphatic heterocycles. The number of aliphatic carboxylic acids is 2. The smallest absolute Gasteiger partial charge is 0.414 e. The van der Waals surface area contributed by atoms with Gasteiger partial charge >= 0.3 is 17.9 Å². The highest BCUT2D eigenvalue weighted by Crippen LogP contribution is 2.40. The number of hydrogen-bond donors (Lipinski definition) is 2. The van der Waals surface area contributed by atoms with Crippen LogP contribution in [0, 0.1) is 0 Å². The van der Waals surface area contributed by atoms with E-state index in [9.17, 15) is 4.79 Å². The number of piperidine rings is 1. The Morgan fingerprint density at radius 3 is 2.17 bits per heavy atom. The van der Waals surface area contributed by atoms with Crippen molar-refractivity contribution >= 4 is 23.5 Å². The fourth-order valence-corrected chi connectivity index (χ4v) is 4.24. The number of ether oxygens (including phenoxy) is 2. The molecule has 0 radical (unpaired) electrons. The Morgan fingerprint density at radius 2 is 1.54 bits per heavy atom. The lowest BCUT2D eigenvalue weighted by atomic mass is 9.86. The number of benzene rings is 2. The largest absolute Gasteiger partial charge is 0.488 e. The van der Waals surface area contributed by atoms with Gasteiger partial charge < -0.3 is 24.6 Å². The van der Waals surface area contributed by atoms with Crippen LogP contribution in [-0.4, -0.2) is 58.8 Å². The van der Waals surface area contributed by atoms with Crippen molar-refractivity contribution in [3.05, 3.63) is 70.8 Å². The Bertz CT molecular complexity index is 1030. The molecule has 2 aromatic carbocycles. The number of para-hydroxylation sites is 1. The fraction of sp³-hybridized carbons (Fsp3) is 0.370. The number of carboxylic acid groups (broad SMARTS) is 2. The van der Waals surface area contributed by atoms with Crippen LogP contribution in [-0.2, 0) is 25.7 Å². The summed E-state index contributed by atoms with van der Waals surface area (Å²) in [5, 5.41) is 14.8. The second-order valence-electron chi connectivity index (χ2n) is 8.66. The number of likely N-dealkylation sites (tertiary alicyclic amines) is 1. The average molecular weight is 482 g/mol. The normalized spacial score (nSPS) is 15.1. The number of carbonyl (C=O) groups excluding carboxylic acids is 1. The second-order valence-corrected chi connectivity index (χ2v) is 8.66. The van der Waals surface area contributed by atoms with Gasteiger partial charge in [-0.25, -0.2) is 9.59 Å². The van der Waals surface area contributed by atoms with Crippen LogP contribution >= 0.6 is 0 Å². The van der Waals surface area contributed by atoms with Gasteiger partial charge in [-0.3, -0.25) is 4.79 Å². The van der Waals surface area contributed by atoms with Crippen LogP contribution in [0.25, 0.3) is 5.57 Å². The van der Waals surface area contributed by atoms with E-state index < -0.39 is 11.9 Å². The molecule has 2 aliphatic rings. The molecule has 0 aromatic heterocycles. The van der Waals surface area contributed by atoms with E-state index in [0.29, 0.717) is 13.0 Å². The molecule has 8 nitrogen and oxygen atoms in total. The van der Waals surface area contributed by atoms with E-state index in [1.165, 1.54) is 27.8 Å². The zero-order valence-electron chi connectivity index (χ0n) is 20.0. The van der Waals surface area contributed by atoms with Gasteiger partial charge in [0, 0.05) is 25.2 Å². The highest BCUT2D eigenvalue weighted by atomic mass is 16.5. The van der Waals surface area contributed by atoms with Crippen LogP contribution in [0.2, 0.25) is 0 Å². The molecule has 1 fully saturated rings. The van der Waals surface area contributed by atoms with Crippen LogP contribution in [0.1, 0.15) is 49.8 Å². The number of rotatable bonds is 4. The summed E-state index contributed by atoms with van der Waals surface area (Å²) in [5.74, 6) is -2.79. The first kappa shape index (κ1) is 26.0. The van der Waals surface area contributed by atoms with Gasteiger partial charge in [0.05, 0.1) is 12.5 Å². The Hall–Kier alpha value is -3.65. The monoisotopic (exact) mass is 481 g/mol. The van der Waals surface area contributed by atoms with E-state index in [0.717, 1.165) is 38.2 Å². The van der Waals surface area contributed by atoms with Crippen molar-refractivity contribution in [1.82, 2.24) is 4.90 Å². The Morgan fingerprint density at radius 1 is 0.943 bits per heavy atom. The summed E-state index contributed by atoms with van der Waals surface area (Å²) in [6.45, 7) is 7.10. The summed E-state index contributed by atoms with van der Waals surface area (Å²) >= 11 is 0. The SMILES string of the molecule is CC(C)OC(=O)CCN1CCC(=C2c3ccccc3COc3ccccc32)CC1.O=C(O)C(=O)O. The lowest BCUT2D eigenvalue weighted by Gasteiger charge is -2.30. The molecule has 8 heteroatoms. The zero-order chi connectivity index (χ0) is 25.4. The van der Waals surface area contributed by atoms with Crippen molar-refractivity contribution in [1.29, 1.82) is 0 Å². The maximum Gasteiger partial charge on any atom is 0.414 e. The van der Waals surface area contributed by atoms with E-state index in [1.807, 2.05) is 19.9 Å². The molecule has 2 aromatic rings. The van der Waals surface area contributed by atoms with Crippen molar-refractivity contribution < 1.29 is 34.1 Å². The Kier molecular flexibility index (Phi) is 9.03. The first-order valence-electron chi connectivity index (χ1n) is 11.7. The van der Waals surface area contributed by atoms with Crippen molar-refractivity contribution in [2.75, 3.05) is 19.6 Å². The van der Waals surface area contributed by atoms with Crippen LogP contribution in [0.5, 0.6) is 5.75 Å². The second kappa shape index (κ2) is 12.2. The molecule has 0 atom stereocenters. The molecule has 2 N–H and O–H groups in total. The lowest BCUT2D eigenvalue weighted by molar-refractivity contribution is -0.159. The third-order valence-electron chi connectivity index (χ3n) is 5.82. The molecular formula is C27H31NO7. The van der Waals surface area contributed by atoms with E-state index in [4.69, 9.17) is 29.3 Å². The van der Waals surface area contributed by atoms with Crippen molar-refractivity contribution in [2.24, 2.45) is 0 Å². The van der Waals surface area contributed by atoms with Gasteiger partial charge in [0.15, 0.2) is 0 Å². The molecule has 35 heavy (non-hydrogen) atoms. The molecule has 0 saturated carbocycles. The van der Waals surface area contributed by atoms with Gasteiger partial charge in [0.2, 0.25) is 0 Å². The molecule has 1 saturated heterocycles. The highest BCUT2D eigenvalue weighted by molar-refractivity contribution is 6.27. The minimum Gasteiger partial charge on any atom is -0.488 e. The molecule has 0 amide bonds. The molecular weight excluding hydrogens is 450 g/mol. The van der Waals surface area contributed by atoms with Gasteiger partial charge in [-0.05, 0) is 49.5 Å². The Balaban J connectivity index is 0.000000509. The summed E-state index contributed by atoms with van der Waals surface area (Å²) < 4.78 is 11.4. The van der Waals surface area contributed by atoms with Gasteiger partial charge in [0.1, 0.15) is 12.4 Å². The zero-order valence-corrected chi connectivity index (χ0v) is 20.0. The summed E-state index contributed by atoms with van der Waals surface area (Å²) in [6.07, 6.45) is 2.44. The molecule has 0 aliphatic carbocycles. The summed E-state index contributed by atoms with van der Waals surface area (Å²) in [5.41, 5.74) is 6.55. The molecule has 0 unspecified atom stereocenters. The molecule has 0 spiro atoms. The molecule has 2 heterocycles. The van der Waals surface area contributed by atoms with Crippen LogP contribution in [0.15, 0.2) is 54.1 Å². The van der Waals surface area contributed by atoms with Crippen LogP contribution in [0.3, 0.4) is 0 Å². The van der Waals surface area contributed by atoms with Crippen molar-refractivity contribution in [3.8, 4) is 5.75 Å². The third-order valence-corrected chi connectivity index (χ3v) is 5.82. The summed E-state index contributed by atoms with van der Waals surface area (Å²) in [4.78, 5) is 32.4. The third kappa shape index (κ3) is 7.16. The van der Waals surface area contributed by atoms with E-state index >= 15 is 0 Å². The van der Waals surface area contributed by atoms with Crippen LogP contribution < -0.4 is 4.74 Å². The minimum absolute atomic E-state index is 0.0437. The van der Waals surface area contributed by atoms with Crippen molar-refractivity contribution in [2.45, 2.75) is 45.8 Å². The number of esters is 1. The topological polar surface area (TPSA) is 113 Å². The van der Waals surface area contributed by atoms with Crippen LogP contribution in [0.4, 0.5) is 0 Å². The van der Waals surface area contributed by atoms with Gasteiger partial charge in [-0.2, -0.15) is 0 Å². The Labute approximate surface area is 204 Å². The predicted molar refractivity (Wildman–Crippen MR) is 130 cm³/mol. The summed E-state index contributed by atoms with van der Waals surface area (Å²) in [6, 6.07) is 16.9. The summed E-state index contributed by atoms with van der Waals surface area (Å²) in [7, 11) is 0. The molecule has 4 rings (SSSR count). The number of fused-ring (bicyclic) bond motifs is 2. The van der Waals surface area contributed by atoms with E-state index in [1.54, 1.807) is 0 Å². The van der Waals surface area contributed by atoms with E-state index in [2.05, 4.69) is 47.4 Å². The van der Waals surface area contributed by atoms with E-state index in [-0.39, 0.29) is 12.1 Å². The number of nitrogens with zero attached hydrogens (tertiary/aromatic N) is 1. The maximum atomic E-state index is 11.8. The maximum absolute atomic E-state index is 11.8. The average Bonchev–Trinajstić information content (AvgIpc) is 3.00. The number of hydrogen-bond acceptors (Lipinski definition) is 6. The predicted octanol–water partition coefficient (Wildman–Crippen LogP) is 3.97.